The van der Waals surface area contributed by atoms with Crippen LogP contribution in [-0.2, 0) is 6.42 Å². The summed E-state index contributed by atoms with van der Waals surface area (Å²) in [6.07, 6.45) is 5.50. The largest absolute Gasteiger partial charge is 0.440 e. The van der Waals surface area contributed by atoms with E-state index in [9.17, 15) is 0 Å². The number of fused-ring (bicyclic) bond motifs is 1. The van der Waals surface area contributed by atoms with Crippen LogP contribution in [0.4, 0.5) is 0 Å². The molecule has 0 amide bonds. The molecule has 0 unspecified atom stereocenters. The van der Waals surface area contributed by atoms with E-state index in [0.29, 0.717) is 0 Å². The fourth-order valence-corrected chi connectivity index (χ4v) is 1.85. The highest BCUT2D eigenvalue weighted by Crippen LogP contribution is 2.13. The summed E-state index contributed by atoms with van der Waals surface area (Å²) in [4.78, 5) is 0. The Morgan fingerprint density at radius 1 is 1.31 bits per heavy atom. The first-order valence-electron chi connectivity index (χ1n) is 5.81. The standard InChI is InChI=1S/C14H17N2/c1-3-4-9-14-10-12-7-5-6-8-13(12)11-16(14)15-2/h5-8,11H,3-4,9H2,1-2H3/q-1. The lowest BCUT2D eigenvalue weighted by Gasteiger charge is -2.16. The van der Waals surface area contributed by atoms with E-state index in [1.165, 1.54) is 29.3 Å². The van der Waals surface area contributed by atoms with Gasteiger partial charge in [-0.2, -0.15) is 11.5 Å². The van der Waals surface area contributed by atoms with Crippen LogP contribution >= 0.6 is 0 Å². The Bertz CT molecular complexity index is 477. The summed E-state index contributed by atoms with van der Waals surface area (Å²) in [5.41, 5.74) is 5.43. The molecule has 2 heteroatoms. The second-order valence-electron chi connectivity index (χ2n) is 3.94. The van der Waals surface area contributed by atoms with Crippen LogP contribution in [0.25, 0.3) is 16.2 Å². The molecule has 0 spiro atoms. The molecule has 84 valence electrons. The normalized spacial score (nSPS) is 10.6. The van der Waals surface area contributed by atoms with E-state index in [4.69, 9.17) is 0 Å². The number of benzene rings is 1. The van der Waals surface area contributed by atoms with Gasteiger partial charge >= 0.3 is 0 Å². The van der Waals surface area contributed by atoms with Gasteiger partial charge < -0.3 is 5.43 Å². The maximum atomic E-state index is 4.26. The van der Waals surface area contributed by atoms with Gasteiger partial charge in [0.2, 0.25) is 0 Å². The third kappa shape index (κ3) is 2.16. The Kier molecular flexibility index (Phi) is 3.40. The molecule has 16 heavy (non-hydrogen) atoms. The van der Waals surface area contributed by atoms with Crippen LogP contribution < -0.4 is 4.68 Å². The summed E-state index contributed by atoms with van der Waals surface area (Å²) in [6.45, 7) is 2.20. The lowest BCUT2D eigenvalue weighted by atomic mass is 10.1. The van der Waals surface area contributed by atoms with Gasteiger partial charge in [-0.3, -0.25) is 4.68 Å². The van der Waals surface area contributed by atoms with Crippen molar-refractivity contribution < 1.29 is 4.68 Å². The fourth-order valence-electron chi connectivity index (χ4n) is 1.85. The zero-order valence-electron chi connectivity index (χ0n) is 9.90. The molecule has 1 aromatic carbocycles. The van der Waals surface area contributed by atoms with Crippen LogP contribution in [0.15, 0.2) is 30.5 Å². The smallest absolute Gasteiger partial charge is 0.117 e. The summed E-state index contributed by atoms with van der Waals surface area (Å²) in [5, 5.41) is 2.36. The van der Waals surface area contributed by atoms with E-state index in [2.05, 4.69) is 42.8 Å². The van der Waals surface area contributed by atoms with Crippen molar-refractivity contribution in [3.63, 3.8) is 0 Å². The highest BCUT2D eigenvalue weighted by atomic mass is 15.4. The maximum absolute atomic E-state index is 4.26. The molecule has 0 atom stereocenters. The second kappa shape index (κ2) is 4.97. The van der Waals surface area contributed by atoms with Gasteiger partial charge in [0.1, 0.15) is 11.9 Å². The lowest BCUT2D eigenvalue weighted by molar-refractivity contribution is -0.630. The first kappa shape index (κ1) is 10.9. The number of aromatic nitrogens is 1. The Hall–Kier alpha value is -1.57. The minimum absolute atomic E-state index is 1.04. The third-order valence-corrected chi connectivity index (χ3v) is 2.76. The van der Waals surface area contributed by atoms with Crippen LogP contribution in [0.1, 0.15) is 25.5 Å². The molecule has 2 aromatic rings. The number of rotatable bonds is 4. The van der Waals surface area contributed by atoms with Crippen molar-refractivity contribution in [2.75, 3.05) is 7.05 Å². The van der Waals surface area contributed by atoms with Gasteiger partial charge in [-0.25, -0.2) is 0 Å². The Morgan fingerprint density at radius 2 is 2.12 bits per heavy atom. The summed E-state index contributed by atoms with van der Waals surface area (Å²) in [6, 6.07) is 11.7. The van der Waals surface area contributed by atoms with Crippen molar-refractivity contribution in [1.29, 1.82) is 0 Å². The predicted molar refractivity (Wildman–Crippen MR) is 66.3 cm³/mol. The molecule has 0 saturated heterocycles. The van der Waals surface area contributed by atoms with Crippen LogP contribution in [0.2, 0.25) is 0 Å². The first-order valence-corrected chi connectivity index (χ1v) is 5.81. The van der Waals surface area contributed by atoms with Crippen LogP contribution in [0, 0.1) is 6.07 Å². The van der Waals surface area contributed by atoms with Crippen molar-refractivity contribution in [1.82, 2.24) is 0 Å². The molecule has 0 aliphatic carbocycles. The molecule has 0 aliphatic heterocycles. The van der Waals surface area contributed by atoms with Gasteiger partial charge in [0, 0.05) is 6.42 Å². The molecule has 0 N–H and O–H groups in total. The lowest BCUT2D eigenvalue weighted by Crippen LogP contribution is -2.33. The second-order valence-corrected chi connectivity index (χ2v) is 3.94. The quantitative estimate of drug-likeness (QED) is 0.549. The van der Waals surface area contributed by atoms with Gasteiger partial charge in [0.05, 0.1) is 0 Å². The summed E-state index contributed by atoms with van der Waals surface area (Å²) in [5.74, 6) is 0. The van der Waals surface area contributed by atoms with E-state index in [0.717, 1.165) is 6.42 Å². The highest BCUT2D eigenvalue weighted by Gasteiger charge is 2.00. The number of unbranched alkanes of at least 4 members (excludes halogenated alkanes) is 1. The monoisotopic (exact) mass is 213 g/mol. The Labute approximate surface area is 96.9 Å². The molecular weight excluding hydrogens is 196 g/mol. The molecular formula is C14H17N2-. The van der Waals surface area contributed by atoms with Gasteiger partial charge in [-0.05, 0) is 6.42 Å². The van der Waals surface area contributed by atoms with Crippen molar-refractivity contribution in [2.24, 2.45) is 0 Å². The van der Waals surface area contributed by atoms with E-state index in [1.54, 1.807) is 0 Å². The minimum Gasteiger partial charge on any atom is -0.440 e. The van der Waals surface area contributed by atoms with E-state index in [-0.39, 0.29) is 0 Å². The van der Waals surface area contributed by atoms with Gasteiger partial charge in [0.15, 0.2) is 0 Å². The zero-order valence-corrected chi connectivity index (χ0v) is 9.90. The zero-order chi connectivity index (χ0) is 11.4. The van der Waals surface area contributed by atoms with E-state index in [1.807, 2.05) is 17.8 Å². The molecule has 2 rings (SSSR count). The summed E-state index contributed by atoms with van der Waals surface area (Å²) >= 11 is 0. The SMILES string of the molecule is CCCCc1[c-]c2ccccc2c[n+]1[N-]C. The number of hydrogen-bond donors (Lipinski definition) is 0. The highest BCUT2D eigenvalue weighted by molar-refractivity contribution is 5.80. The van der Waals surface area contributed by atoms with Gasteiger partial charge in [0.25, 0.3) is 0 Å². The summed E-state index contributed by atoms with van der Waals surface area (Å²) in [7, 11) is 1.82. The predicted octanol–water partition coefficient (Wildman–Crippen LogP) is 3.04. The minimum atomic E-state index is 1.04. The first-order chi connectivity index (χ1) is 7.85. The van der Waals surface area contributed by atoms with Crippen LogP contribution in [-0.4, -0.2) is 7.05 Å². The van der Waals surface area contributed by atoms with Crippen molar-refractivity contribution in [3.05, 3.63) is 47.6 Å². The Morgan fingerprint density at radius 3 is 2.88 bits per heavy atom. The average Bonchev–Trinajstić information content (AvgIpc) is 2.35. The molecule has 0 saturated carbocycles. The maximum Gasteiger partial charge on any atom is 0.117 e. The molecule has 0 radical (unpaired) electrons. The van der Waals surface area contributed by atoms with Crippen molar-refractivity contribution in [2.45, 2.75) is 26.2 Å². The van der Waals surface area contributed by atoms with E-state index < -0.39 is 0 Å². The number of hydrogen-bond acceptors (Lipinski definition) is 0. The van der Waals surface area contributed by atoms with Gasteiger partial charge in [-0.15, -0.1) is 18.2 Å². The molecule has 0 bridgehead atoms. The molecule has 2 nitrogen and oxygen atoms in total. The molecule has 0 fully saturated rings. The number of nitrogens with zero attached hydrogens (tertiary/aromatic N) is 2. The molecule has 1 aromatic heterocycles. The fraction of sp³-hybridized carbons (Fsp3) is 0.357. The van der Waals surface area contributed by atoms with Gasteiger partial charge in [-0.1, -0.05) is 31.8 Å². The average molecular weight is 213 g/mol. The molecule has 1 heterocycles. The topological polar surface area (TPSA) is 18.0 Å². The van der Waals surface area contributed by atoms with Crippen molar-refractivity contribution in [3.8, 4) is 0 Å². The van der Waals surface area contributed by atoms with E-state index >= 15 is 0 Å². The Balaban J connectivity index is 2.45. The molecule has 0 aliphatic rings. The number of aryl methyl sites for hydroxylation is 1. The number of pyridine rings is 1. The third-order valence-electron chi connectivity index (χ3n) is 2.76. The van der Waals surface area contributed by atoms with Crippen LogP contribution in [0.3, 0.4) is 0 Å². The summed E-state index contributed by atoms with van der Waals surface area (Å²) < 4.78 is 1.94. The van der Waals surface area contributed by atoms with Crippen molar-refractivity contribution >= 4 is 10.8 Å². The van der Waals surface area contributed by atoms with Crippen LogP contribution in [0.5, 0.6) is 0 Å².